The number of hydrogen-bond acceptors (Lipinski definition) is 3. The second kappa shape index (κ2) is 10.9. The molecular weight excluding hydrogens is 354 g/mol. The second-order valence-electron chi connectivity index (χ2n) is 6.83. The number of aromatic nitrogens is 2. The van der Waals surface area contributed by atoms with Gasteiger partial charge in [0.15, 0.2) is 0 Å². The summed E-state index contributed by atoms with van der Waals surface area (Å²) in [6.45, 7) is 10.3. The zero-order chi connectivity index (χ0) is 20.6. The van der Waals surface area contributed by atoms with Crippen molar-refractivity contribution in [1.82, 2.24) is 9.13 Å². The Bertz CT molecular complexity index is 907. The van der Waals surface area contributed by atoms with Gasteiger partial charge in [-0.05, 0) is 39.2 Å². The molecule has 0 amide bonds. The smallest absolute Gasteiger partial charge is 0.328 e. The van der Waals surface area contributed by atoms with E-state index in [0.717, 1.165) is 23.5 Å². The lowest BCUT2D eigenvalue weighted by molar-refractivity contribution is 0.682. The number of anilines is 1. The van der Waals surface area contributed by atoms with Gasteiger partial charge >= 0.3 is 5.69 Å². The maximum atomic E-state index is 11.8. The van der Waals surface area contributed by atoms with E-state index in [1.165, 1.54) is 28.5 Å². The Kier molecular flexibility index (Phi) is 9.22. The quantitative estimate of drug-likeness (QED) is 0.695. The zero-order valence-corrected chi connectivity index (χ0v) is 18.5. The Morgan fingerprint density at radius 1 is 1.19 bits per heavy atom. The second-order valence-corrected chi connectivity index (χ2v) is 7.21. The van der Waals surface area contributed by atoms with Crippen LogP contribution in [0.2, 0.25) is 0 Å². The highest BCUT2D eigenvalue weighted by atomic mass is 32.1. The summed E-state index contributed by atoms with van der Waals surface area (Å²) in [7, 11) is 3.44. The molecule has 0 aliphatic heterocycles. The van der Waals surface area contributed by atoms with Gasteiger partial charge in [0.25, 0.3) is 0 Å². The Balaban J connectivity index is 0.000000309. The van der Waals surface area contributed by atoms with E-state index < -0.39 is 0 Å². The standard InChI is InChI=1S/C12H19N3OS.C10H14/c1-6-7-8(2)13-10-9(3)14(4)12(16)15(5)11(10)17;1-3-5-10-7-4-6-9(2)8-10/h7,13H,6H2,1-5H3;4,6-8H,3,5H2,1-2H3/b8-7+;. The van der Waals surface area contributed by atoms with Crippen LogP contribution in [0, 0.1) is 18.5 Å². The molecule has 148 valence electrons. The molecular formula is C22H33N3OS. The number of benzene rings is 1. The molecule has 0 saturated carbocycles. The summed E-state index contributed by atoms with van der Waals surface area (Å²) in [5.74, 6) is 0. The molecule has 1 aromatic carbocycles. The van der Waals surface area contributed by atoms with Crippen molar-refractivity contribution in [3.8, 4) is 0 Å². The van der Waals surface area contributed by atoms with Crippen molar-refractivity contribution >= 4 is 17.9 Å². The molecule has 0 bridgehead atoms. The highest BCUT2D eigenvalue weighted by Crippen LogP contribution is 2.16. The topological polar surface area (TPSA) is 39.0 Å². The Hall–Kier alpha value is -2.14. The Morgan fingerprint density at radius 2 is 1.85 bits per heavy atom. The average molecular weight is 388 g/mol. The molecule has 0 aliphatic rings. The summed E-state index contributed by atoms with van der Waals surface area (Å²) in [5, 5.41) is 3.26. The summed E-state index contributed by atoms with van der Waals surface area (Å²) in [4.78, 5) is 11.8. The summed E-state index contributed by atoms with van der Waals surface area (Å²) in [5.41, 5.74) is 5.44. The van der Waals surface area contributed by atoms with E-state index in [4.69, 9.17) is 12.2 Å². The van der Waals surface area contributed by atoms with Gasteiger partial charge in [-0.25, -0.2) is 4.79 Å². The van der Waals surface area contributed by atoms with Crippen molar-refractivity contribution in [2.24, 2.45) is 14.1 Å². The van der Waals surface area contributed by atoms with Crippen molar-refractivity contribution in [3.63, 3.8) is 0 Å². The van der Waals surface area contributed by atoms with Crippen LogP contribution in [0.5, 0.6) is 0 Å². The van der Waals surface area contributed by atoms with Gasteiger partial charge in [0, 0.05) is 25.5 Å². The van der Waals surface area contributed by atoms with Crippen molar-refractivity contribution in [1.29, 1.82) is 0 Å². The third-order valence-electron chi connectivity index (χ3n) is 4.41. The molecule has 2 aromatic rings. The summed E-state index contributed by atoms with van der Waals surface area (Å²) < 4.78 is 3.61. The molecule has 0 radical (unpaired) electrons. The third kappa shape index (κ3) is 6.51. The molecule has 0 spiro atoms. The summed E-state index contributed by atoms with van der Waals surface area (Å²) in [6.07, 6.45) is 5.49. The molecule has 0 atom stereocenters. The first-order chi connectivity index (χ1) is 12.7. The molecule has 1 heterocycles. The predicted octanol–water partition coefficient (Wildman–Crippen LogP) is 5.43. The lowest BCUT2D eigenvalue weighted by Crippen LogP contribution is -2.30. The maximum absolute atomic E-state index is 11.8. The number of rotatable bonds is 5. The molecule has 5 heteroatoms. The van der Waals surface area contributed by atoms with E-state index in [2.05, 4.69) is 56.4 Å². The molecule has 0 fully saturated rings. The number of aryl methyl sites for hydroxylation is 2. The largest absolute Gasteiger partial charge is 0.356 e. The molecule has 0 unspecified atom stereocenters. The third-order valence-corrected chi connectivity index (χ3v) is 4.89. The van der Waals surface area contributed by atoms with E-state index in [1.54, 1.807) is 18.7 Å². The minimum absolute atomic E-state index is 0.102. The van der Waals surface area contributed by atoms with Crippen LogP contribution < -0.4 is 11.0 Å². The number of allylic oxidation sites excluding steroid dienone is 2. The van der Waals surface area contributed by atoms with E-state index in [1.807, 2.05) is 13.8 Å². The van der Waals surface area contributed by atoms with Gasteiger partial charge in [-0.1, -0.05) is 68.4 Å². The monoisotopic (exact) mass is 387 g/mol. The van der Waals surface area contributed by atoms with E-state index >= 15 is 0 Å². The zero-order valence-electron chi connectivity index (χ0n) is 17.7. The van der Waals surface area contributed by atoms with Crippen LogP contribution in [0.15, 0.2) is 40.8 Å². The van der Waals surface area contributed by atoms with Gasteiger partial charge in [-0.15, -0.1) is 0 Å². The van der Waals surface area contributed by atoms with Crippen LogP contribution >= 0.6 is 12.2 Å². The van der Waals surface area contributed by atoms with Gasteiger partial charge in [0.2, 0.25) is 0 Å². The number of nitrogens with zero attached hydrogens (tertiary/aromatic N) is 2. The summed E-state index contributed by atoms with van der Waals surface area (Å²) >= 11 is 5.29. The van der Waals surface area contributed by atoms with Gasteiger partial charge in [-0.3, -0.25) is 9.13 Å². The van der Waals surface area contributed by atoms with Crippen LogP contribution in [0.3, 0.4) is 0 Å². The minimum atomic E-state index is -0.102. The summed E-state index contributed by atoms with van der Waals surface area (Å²) in [6, 6.07) is 8.71. The van der Waals surface area contributed by atoms with Crippen molar-refractivity contribution in [2.45, 2.75) is 53.9 Å². The number of hydrogen-bond donors (Lipinski definition) is 1. The average Bonchev–Trinajstić information content (AvgIpc) is 2.63. The Morgan fingerprint density at radius 3 is 2.41 bits per heavy atom. The van der Waals surface area contributed by atoms with E-state index in [9.17, 15) is 4.79 Å². The van der Waals surface area contributed by atoms with Crippen LogP contribution in [-0.4, -0.2) is 9.13 Å². The van der Waals surface area contributed by atoms with Crippen LogP contribution in [0.25, 0.3) is 0 Å². The SMILES string of the molecule is CC/C=C(\C)Nc1c(C)n(C)c(=O)n(C)c1=S.CCCc1cccc(C)c1. The molecule has 1 aromatic heterocycles. The fourth-order valence-corrected chi connectivity index (χ4v) is 3.08. The van der Waals surface area contributed by atoms with Crippen LogP contribution in [0.1, 0.15) is 50.4 Å². The van der Waals surface area contributed by atoms with Gasteiger partial charge in [0.05, 0.1) is 5.69 Å². The fraction of sp³-hybridized carbons (Fsp3) is 0.455. The van der Waals surface area contributed by atoms with E-state index in [0.29, 0.717) is 4.64 Å². The van der Waals surface area contributed by atoms with E-state index in [-0.39, 0.29) is 5.69 Å². The molecule has 4 nitrogen and oxygen atoms in total. The van der Waals surface area contributed by atoms with Gasteiger partial charge in [-0.2, -0.15) is 0 Å². The lowest BCUT2D eigenvalue weighted by Gasteiger charge is -2.15. The van der Waals surface area contributed by atoms with Gasteiger partial charge < -0.3 is 5.32 Å². The molecule has 1 N–H and O–H groups in total. The van der Waals surface area contributed by atoms with Crippen molar-refractivity contribution in [3.05, 3.63) is 68.0 Å². The number of nitrogens with one attached hydrogen (secondary N) is 1. The first-order valence-corrected chi connectivity index (χ1v) is 9.89. The van der Waals surface area contributed by atoms with Crippen LogP contribution in [-0.2, 0) is 20.5 Å². The normalized spacial score (nSPS) is 11.0. The first kappa shape index (κ1) is 22.9. The fourth-order valence-electron chi connectivity index (χ4n) is 2.80. The molecule has 0 aliphatic carbocycles. The predicted molar refractivity (Wildman–Crippen MR) is 119 cm³/mol. The van der Waals surface area contributed by atoms with Crippen LogP contribution in [0.4, 0.5) is 5.69 Å². The maximum Gasteiger partial charge on any atom is 0.328 e. The minimum Gasteiger partial charge on any atom is -0.356 e. The molecule has 0 saturated heterocycles. The van der Waals surface area contributed by atoms with Gasteiger partial charge in [0.1, 0.15) is 4.64 Å². The highest BCUT2D eigenvalue weighted by Gasteiger charge is 2.09. The lowest BCUT2D eigenvalue weighted by atomic mass is 10.1. The highest BCUT2D eigenvalue weighted by molar-refractivity contribution is 7.71. The molecule has 27 heavy (non-hydrogen) atoms. The molecule has 2 rings (SSSR count). The first-order valence-electron chi connectivity index (χ1n) is 9.48. The Labute approximate surface area is 168 Å². The van der Waals surface area contributed by atoms with Crippen molar-refractivity contribution < 1.29 is 0 Å². The van der Waals surface area contributed by atoms with Crippen molar-refractivity contribution in [2.75, 3.05) is 5.32 Å².